The lowest BCUT2D eigenvalue weighted by Gasteiger charge is -2.01. The lowest BCUT2D eigenvalue weighted by molar-refractivity contribution is 0.929. The molecule has 1 heterocycles. The monoisotopic (exact) mass is 155 g/mol. The molecule has 0 amide bonds. The van der Waals surface area contributed by atoms with Crippen LogP contribution in [0.2, 0.25) is 0 Å². The first-order valence-corrected chi connectivity index (χ1v) is 2.92. The highest BCUT2D eigenvalue weighted by molar-refractivity contribution is 5.36. The predicted molar refractivity (Wildman–Crippen MR) is 41.3 cm³/mol. The maximum Gasteiger partial charge on any atom is 0.243 e. The fourth-order valence-corrected chi connectivity index (χ4v) is 0.577. The molecule has 11 heavy (non-hydrogen) atoms. The summed E-state index contributed by atoms with van der Waals surface area (Å²) in [6.07, 6.45) is 0. The predicted octanol–water partition coefficient (Wildman–Crippen LogP) is -1.42. The van der Waals surface area contributed by atoms with E-state index in [0.29, 0.717) is 5.95 Å². The minimum Gasteiger partial charge on any atom is -0.368 e. The minimum atomic E-state index is 0.0928. The standard InChI is InChI=1S/C4H9N7/c1-7-11-4-9-2(5)8-3(6)10-4/h7H,1H3,(H5,5,6,8,9,10,11). The zero-order valence-corrected chi connectivity index (χ0v) is 6.00. The van der Waals surface area contributed by atoms with E-state index < -0.39 is 0 Å². The van der Waals surface area contributed by atoms with Gasteiger partial charge in [-0.1, -0.05) is 0 Å². The Hall–Kier alpha value is -1.63. The number of anilines is 3. The second-order valence-corrected chi connectivity index (χ2v) is 1.75. The molecule has 0 bridgehead atoms. The third kappa shape index (κ3) is 1.90. The van der Waals surface area contributed by atoms with Gasteiger partial charge in [0.1, 0.15) is 0 Å². The highest BCUT2D eigenvalue weighted by Crippen LogP contribution is 2.00. The normalized spacial score (nSPS) is 9.55. The summed E-state index contributed by atoms with van der Waals surface area (Å²) >= 11 is 0. The van der Waals surface area contributed by atoms with E-state index >= 15 is 0 Å². The Labute approximate surface area is 63.2 Å². The molecule has 0 radical (unpaired) electrons. The molecular formula is C4H9N7. The van der Waals surface area contributed by atoms with Crippen molar-refractivity contribution in [3.05, 3.63) is 0 Å². The summed E-state index contributed by atoms with van der Waals surface area (Å²) in [5, 5.41) is 0. The van der Waals surface area contributed by atoms with Crippen LogP contribution in [-0.4, -0.2) is 22.0 Å². The van der Waals surface area contributed by atoms with Crippen LogP contribution < -0.4 is 22.3 Å². The average molecular weight is 155 g/mol. The van der Waals surface area contributed by atoms with Crippen LogP contribution in [0.3, 0.4) is 0 Å². The zero-order valence-electron chi connectivity index (χ0n) is 6.00. The molecule has 60 valence electrons. The van der Waals surface area contributed by atoms with Crippen molar-refractivity contribution in [2.75, 3.05) is 23.9 Å². The molecule has 7 nitrogen and oxygen atoms in total. The smallest absolute Gasteiger partial charge is 0.243 e. The Morgan fingerprint density at radius 1 is 1.09 bits per heavy atom. The summed E-state index contributed by atoms with van der Waals surface area (Å²) in [6.45, 7) is 0. The third-order valence-corrected chi connectivity index (χ3v) is 0.907. The number of hydrogen-bond acceptors (Lipinski definition) is 7. The number of nitrogen functional groups attached to an aromatic ring is 2. The van der Waals surface area contributed by atoms with Crippen molar-refractivity contribution >= 4 is 17.8 Å². The van der Waals surface area contributed by atoms with Crippen LogP contribution >= 0.6 is 0 Å². The van der Waals surface area contributed by atoms with Crippen LogP contribution in [0.15, 0.2) is 0 Å². The van der Waals surface area contributed by atoms with Gasteiger partial charge in [-0.05, 0) is 0 Å². The van der Waals surface area contributed by atoms with Gasteiger partial charge in [0.2, 0.25) is 17.8 Å². The van der Waals surface area contributed by atoms with Crippen LogP contribution in [0, 0.1) is 0 Å². The van der Waals surface area contributed by atoms with E-state index in [2.05, 4.69) is 25.8 Å². The second-order valence-electron chi connectivity index (χ2n) is 1.75. The SMILES string of the molecule is CNNc1nc(N)nc(N)n1. The van der Waals surface area contributed by atoms with Crippen molar-refractivity contribution in [3.8, 4) is 0 Å². The van der Waals surface area contributed by atoms with Crippen LogP contribution in [0.5, 0.6) is 0 Å². The minimum absolute atomic E-state index is 0.0928. The van der Waals surface area contributed by atoms with Gasteiger partial charge in [0.15, 0.2) is 0 Å². The highest BCUT2D eigenvalue weighted by Gasteiger charge is 1.98. The molecule has 0 aliphatic heterocycles. The first kappa shape index (κ1) is 7.48. The second kappa shape index (κ2) is 2.97. The Morgan fingerprint density at radius 2 is 1.64 bits per heavy atom. The van der Waals surface area contributed by atoms with E-state index in [0.717, 1.165) is 0 Å². The Morgan fingerprint density at radius 3 is 2.09 bits per heavy atom. The van der Waals surface area contributed by atoms with Gasteiger partial charge in [-0.15, -0.1) is 0 Å². The summed E-state index contributed by atoms with van der Waals surface area (Å²) in [7, 11) is 1.68. The van der Waals surface area contributed by atoms with E-state index in [9.17, 15) is 0 Å². The van der Waals surface area contributed by atoms with E-state index in [1.165, 1.54) is 0 Å². The Bertz CT molecular complexity index is 226. The number of nitrogens with two attached hydrogens (primary N) is 2. The maximum atomic E-state index is 5.28. The molecule has 0 unspecified atom stereocenters. The summed E-state index contributed by atoms with van der Waals surface area (Å²) in [6, 6.07) is 0. The van der Waals surface area contributed by atoms with Gasteiger partial charge in [-0.25, -0.2) is 5.43 Å². The number of aromatic nitrogens is 3. The van der Waals surface area contributed by atoms with Crippen LogP contribution in [0.4, 0.5) is 17.8 Å². The van der Waals surface area contributed by atoms with E-state index in [4.69, 9.17) is 11.5 Å². The molecule has 1 aromatic rings. The first-order valence-electron chi connectivity index (χ1n) is 2.92. The number of nitrogens with one attached hydrogen (secondary N) is 2. The molecule has 0 saturated carbocycles. The highest BCUT2D eigenvalue weighted by atomic mass is 15.4. The van der Waals surface area contributed by atoms with Crippen LogP contribution in [-0.2, 0) is 0 Å². The molecule has 1 rings (SSSR count). The van der Waals surface area contributed by atoms with E-state index in [1.54, 1.807) is 7.05 Å². The lowest BCUT2D eigenvalue weighted by Crippen LogP contribution is -2.18. The molecule has 1 aromatic heterocycles. The summed E-state index contributed by atoms with van der Waals surface area (Å²) in [5.74, 6) is 0.489. The van der Waals surface area contributed by atoms with Gasteiger partial charge in [0.05, 0.1) is 0 Å². The molecule has 0 spiro atoms. The van der Waals surface area contributed by atoms with Gasteiger partial charge in [-0.2, -0.15) is 15.0 Å². The molecule has 0 aromatic carbocycles. The number of nitrogens with zero attached hydrogens (tertiary/aromatic N) is 3. The molecule has 0 aliphatic carbocycles. The first-order chi connectivity index (χ1) is 5.22. The fraction of sp³-hybridized carbons (Fsp3) is 0.250. The number of hydrogen-bond donors (Lipinski definition) is 4. The molecule has 0 atom stereocenters. The van der Waals surface area contributed by atoms with Crippen LogP contribution in [0.1, 0.15) is 0 Å². The number of rotatable bonds is 2. The van der Waals surface area contributed by atoms with Crippen molar-refractivity contribution in [2.24, 2.45) is 0 Å². The van der Waals surface area contributed by atoms with E-state index in [1.807, 2.05) is 0 Å². The van der Waals surface area contributed by atoms with Crippen molar-refractivity contribution < 1.29 is 0 Å². The molecule has 0 fully saturated rings. The molecule has 0 aliphatic rings. The third-order valence-electron chi connectivity index (χ3n) is 0.907. The quantitative estimate of drug-likeness (QED) is 0.387. The lowest BCUT2D eigenvalue weighted by atomic mass is 10.8. The Kier molecular flexibility index (Phi) is 2.02. The topological polar surface area (TPSA) is 115 Å². The van der Waals surface area contributed by atoms with Gasteiger partial charge in [-0.3, -0.25) is 5.43 Å². The number of hydrazine groups is 1. The fourth-order valence-electron chi connectivity index (χ4n) is 0.577. The van der Waals surface area contributed by atoms with Crippen molar-refractivity contribution in [1.82, 2.24) is 20.4 Å². The molecule has 0 saturated heterocycles. The van der Waals surface area contributed by atoms with Crippen LogP contribution in [0.25, 0.3) is 0 Å². The maximum absolute atomic E-state index is 5.28. The summed E-state index contributed by atoms with van der Waals surface area (Å²) < 4.78 is 0. The zero-order chi connectivity index (χ0) is 8.27. The van der Waals surface area contributed by atoms with Gasteiger partial charge in [0, 0.05) is 7.05 Å². The summed E-state index contributed by atoms with van der Waals surface area (Å²) in [4.78, 5) is 11.0. The van der Waals surface area contributed by atoms with Gasteiger partial charge < -0.3 is 11.5 Å². The van der Waals surface area contributed by atoms with Gasteiger partial charge in [0.25, 0.3) is 0 Å². The summed E-state index contributed by atoms with van der Waals surface area (Å²) in [5.41, 5.74) is 15.8. The van der Waals surface area contributed by atoms with Crippen molar-refractivity contribution in [2.45, 2.75) is 0 Å². The molecule has 6 N–H and O–H groups in total. The van der Waals surface area contributed by atoms with Gasteiger partial charge >= 0.3 is 0 Å². The van der Waals surface area contributed by atoms with Crippen molar-refractivity contribution in [1.29, 1.82) is 0 Å². The van der Waals surface area contributed by atoms with E-state index in [-0.39, 0.29) is 11.9 Å². The molecule has 7 heteroatoms. The average Bonchev–Trinajstić information content (AvgIpc) is 1.85. The largest absolute Gasteiger partial charge is 0.368 e. The Balaban J connectivity index is 2.89. The van der Waals surface area contributed by atoms with Crippen molar-refractivity contribution in [3.63, 3.8) is 0 Å². The molecular weight excluding hydrogens is 146 g/mol.